The van der Waals surface area contributed by atoms with Crippen LogP contribution in [0.1, 0.15) is 45.4 Å². The van der Waals surface area contributed by atoms with Crippen molar-refractivity contribution in [3.63, 3.8) is 0 Å². The number of halogens is 1. The van der Waals surface area contributed by atoms with Crippen LogP contribution in [0.15, 0.2) is 0 Å². The number of hydrogen-bond acceptors (Lipinski definition) is 3. The number of esters is 1. The van der Waals surface area contributed by atoms with E-state index in [1.54, 1.807) is 0 Å². The van der Waals surface area contributed by atoms with Crippen LogP contribution in [0.25, 0.3) is 0 Å². The summed E-state index contributed by atoms with van der Waals surface area (Å²) >= 11 is 2.48. The smallest absolute Gasteiger partial charge is 0.310 e. The summed E-state index contributed by atoms with van der Waals surface area (Å²) in [4.78, 5) is 24.4. The first-order valence-electron chi connectivity index (χ1n) is 7.35. The summed E-state index contributed by atoms with van der Waals surface area (Å²) < 4.78 is 6.21. The van der Waals surface area contributed by atoms with E-state index in [0.29, 0.717) is 34.0 Å². The van der Waals surface area contributed by atoms with E-state index in [-0.39, 0.29) is 23.3 Å². The highest BCUT2D eigenvalue weighted by Crippen LogP contribution is 2.71. The van der Waals surface area contributed by atoms with Crippen molar-refractivity contribution in [3.8, 4) is 0 Å². The normalized spacial score (nSPS) is 50.6. The van der Waals surface area contributed by atoms with Crippen molar-refractivity contribution in [2.24, 2.45) is 23.2 Å². The molecule has 0 N–H and O–H groups in total. The number of hydrogen-bond donors (Lipinski definition) is 0. The van der Waals surface area contributed by atoms with E-state index in [1.165, 1.54) is 12.8 Å². The quantitative estimate of drug-likeness (QED) is 0.372. The molecular weight excluding hydrogens is 355 g/mol. The first-order chi connectivity index (χ1) is 8.96. The molecule has 4 fully saturated rings. The molecule has 1 saturated heterocycles. The van der Waals surface area contributed by atoms with E-state index in [4.69, 9.17) is 4.74 Å². The van der Waals surface area contributed by atoms with Crippen molar-refractivity contribution >= 4 is 34.3 Å². The molecule has 1 heterocycles. The van der Waals surface area contributed by atoms with Gasteiger partial charge in [0, 0.05) is 22.7 Å². The molecule has 0 amide bonds. The predicted octanol–water partition coefficient (Wildman–Crippen LogP) is 2.89. The predicted molar refractivity (Wildman–Crippen MR) is 77.9 cm³/mol. The molecule has 0 aromatic heterocycles. The number of carbonyl (C=O) groups is 2. The first-order valence-corrected chi connectivity index (χ1v) is 8.59. The second kappa shape index (κ2) is 3.74. The van der Waals surface area contributed by atoms with E-state index in [1.807, 2.05) is 0 Å². The monoisotopic (exact) mass is 374 g/mol. The standard InChI is InChI=1S/C15H19IO3/c1-14-3-2-10-11(16)7-8(17)6-9(13(18)19-14)12(14)15(10)4-5-15/h9-12H,2-7H2,1H3/t9-,10?,11?,12?,14+/m1/s1. The maximum absolute atomic E-state index is 12.2. The van der Waals surface area contributed by atoms with Crippen molar-refractivity contribution in [2.75, 3.05) is 0 Å². The lowest BCUT2D eigenvalue weighted by Crippen LogP contribution is -2.51. The average molecular weight is 374 g/mol. The fourth-order valence-electron chi connectivity index (χ4n) is 5.36. The molecule has 3 saturated carbocycles. The van der Waals surface area contributed by atoms with E-state index in [0.717, 1.165) is 12.8 Å². The average Bonchev–Trinajstić information content (AvgIpc) is 3.01. The van der Waals surface area contributed by atoms with Gasteiger partial charge in [-0.05, 0) is 43.9 Å². The highest BCUT2D eigenvalue weighted by Gasteiger charge is 2.71. The van der Waals surface area contributed by atoms with Crippen LogP contribution >= 0.6 is 22.6 Å². The third kappa shape index (κ3) is 1.55. The van der Waals surface area contributed by atoms with Crippen LogP contribution in [0.3, 0.4) is 0 Å². The van der Waals surface area contributed by atoms with E-state index in [2.05, 4.69) is 29.5 Å². The van der Waals surface area contributed by atoms with E-state index < -0.39 is 0 Å². The Morgan fingerprint density at radius 1 is 1.21 bits per heavy atom. The van der Waals surface area contributed by atoms with Crippen LogP contribution < -0.4 is 0 Å². The molecule has 0 aromatic rings. The van der Waals surface area contributed by atoms with Gasteiger partial charge in [-0.1, -0.05) is 22.6 Å². The SMILES string of the molecule is C[C@@]12CCC3C(I)CC(=O)C[C@@H](C(=O)O1)C2C31CC1. The number of ether oxygens (including phenoxy) is 1. The summed E-state index contributed by atoms with van der Waals surface area (Å²) in [6.07, 6.45) is 5.65. The van der Waals surface area contributed by atoms with E-state index >= 15 is 0 Å². The molecule has 3 aliphatic carbocycles. The number of alkyl halides is 1. The van der Waals surface area contributed by atoms with Gasteiger partial charge in [0.05, 0.1) is 5.92 Å². The van der Waals surface area contributed by atoms with Crippen LogP contribution in [0.5, 0.6) is 0 Å². The highest BCUT2D eigenvalue weighted by molar-refractivity contribution is 14.1. The first kappa shape index (κ1) is 12.6. The Kier molecular flexibility index (Phi) is 2.48. The van der Waals surface area contributed by atoms with E-state index in [9.17, 15) is 9.59 Å². The molecule has 3 unspecified atom stereocenters. The molecule has 5 atom stereocenters. The summed E-state index contributed by atoms with van der Waals surface area (Å²) in [7, 11) is 0. The molecule has 3 nitrogen and oxygen atoms in total. The Balaban J connectivity index is 1.83. The molecule has 1 spiro atoms. The summed E-state index contributed by atoms with van der Waals surface area (Å²) in [5.74, 6) is 0.935. The third-order valence-corrected chi connectivity index (χ3v) is 7.45. The molecule has 4 rings (SSSR count). The van der Waals surface area contributed by atoms with Crippen molar-refractivity contribution in [3.05, 3.63) is 0 Å². The summed E-state index contributed by atoms with van der Waals surface area (Å²) in [5, 5.41) is 0. The Hall–Kier alpha value is -0.130. The minimum absolute atomic E-state index is 0.0975. The van der Waals surface area contributed by atoms with Crippen molar-refractivity contribution in [2.45, 2.75) is 55.0 Å². The molecule has 1 aliphatic heterocycles. The largest absolute Gasteiger partial charge is 0.459 e. The van der Waals surface area contributed by atoms with Crippen LogP contribution in [-0.4, -0.2) is 21.3 Å². The summed E-state index contributed by atoms with van der Waals surface area (Å²) in [6.45, 7) is 2.11. The Bertz CT molecular complexity index is 470. The van der Waals surface area contributed by atoms with Gasteiger partial charge in [0.2, 0.25) is 0 Å². The molecular formula is C15H19IO3. The maximum Gasteiger partial charge on any atom is 0.310 e. The number of ketones is 1. The third-order valence-electron chi connectivity index (χ3n) is 6.14. The lowest BCUT2D eigenvalue weighted by atomic mass is 9.56. The molecule has 4 aliphatic rings. The second-order valence-electron chi connectivity index (χ2n) is 7.16. The van der Waals surface area contributed by atoms with Gasteiger partial charge < -0.3 is 4.74 Å². The summed E-state index contributed by atoms with van der Waals surface area (Å²) in [6, 6.07) is 0. The van der Waals surface area contributed by atoms with Crippen LogP contribution in [-0.2, 0) is 14.3 Å². The molecule has 2 bridgehead atoms. The zero-order valence-corrected chi connectivity index (χ0v) is 13.3. The van der Waals surface area contributed by atoms with Gasteiger partial charge in [-0.3, -0.25) is 9.59 Å². The van der Waals surface area contributed by atoms with Crippen molar-refractivity contribution < 1.29 is 14.3 Å². The molecule has 4 heteroatoms. The minimum atomic E-state index is -0.289. The highest BCUT2D eigenvalue weighted by atomic mass is 127. The second-order valence-corrected chi connectivity index (χ2v) is 8.76. The zero-order valence-electron chi connectivity index (χ0n) is 11.2. The molecule has 104 valence electrons. The van der Waals surface area contributed by atoms with Gasteiger partial charge in [0.15, 0.2) is 0 Å². The number of Topliss-reactive ketones (excluding diaryl/α,β-unsaturated/α-hetero) is 1. The van der Waals surface area contributed by atoms with Gasteiger partial charge in [-0.25, -0.2) is 0 Å². The van der Waals surface area contributed by atoms with Crippen molar-refractivity contribution in [1.29, 1.82) is 0 Å². The van der Waals surface area contributed by atoms with Crippen LogP contribution in [0.2, 0.25) is 0 Å². The van der Waals surface area contributed by atoms with Gasteiger partial charge in [0.25, 0.3) is 0 Å². The lowest BCUT2D eigenvalue weighted by Gasteiger charge is -2.49. The van der Waals surface area contributed by atoms with Crippen LogP contribution in [0, 0.1) is 23.2 Å². The fraction of sp³-hybridized carbons (Fsp3) is 0.867. The Labute approximate surface area is 127 Å². The molecule has 19 heavy (non-hydrogen) atoms. The Morgan fingerprint density at radius 2 is 1.95 bits per heavy atom. The van der Waals surface area contributed by atoms with Gasteiger partial charge in [-0.2, -0.15) is 0 Å². The van der Waals surface area contributed by atoms with Crippen LogP contribution in [0.4, 0.5) is 0 Å². The van der Waals surface area contributed by atoms with Gasteiger partial charge in [0.1, 0.15) is 11.4 Å². The summed E-state index contributed by atoms with van der Waals surface area (Å²) in [5.41, 5.74) is 0.0269. The number of carbonyl (C=O) groups excluding carboxylic acids is 2. The number of rotatable bonds is 0. The topological polar surface area (TPSA) is 43.4 Å². The minimum Gasteiger partial charge on any atom is -0.459 e. The van der Waals surface area contributed by atoms with Gasteiger partial charge in [-0.15, -0.1) is 0 Å². The zero-order chi connectivity index (χ0) is 13.4. The van der Waals surface area contributed by atoms with Gasteiger partial charge >= 0.3 is 5.97 Å². The Morgan fingerprint density at radius 3 is 2.63 bits per heavy atom. The maximum atomic E-state index is 12.2. The fourth-order valence-corrected chi connectivity index (χ4v) is 6.93. The van der Waals surface area contributed by atoms with Crippen molar-refractivity contribution in [1.82, 2.24) is 0 Å². The molecule has 0 aromatic carbocycles. The lowest BCUT2D eigenvalue weighted by molar-refractivity contribution is -0.153. The molecule has 0 radical (unpaired) electrons.